The second-order valence-corrected chi connectivity index (χ2v) is 1.03. The Morgan fingerprint density at radius 2 is 2.00 bits per heavy atom. The molecule has 0 saturated carbocycles. The standard InChI is InChI=1S/C4H9NO.CH4O/c1-3-4(6)5-2;1-2/h3H2,1-2H3,(H,5,6);2H,1H3. The molecule has 0 aromatic carbocycles. The first kappa shape index (κ1) is 10.4. The van der Waals surface area contributed by atoms with Crippen LogP contribution in [0.5, 0.6) is 0 Å². The van der Waals surface area contributed by atoms with Crippen LogP contribution in [0.4, 0.5) is 0 Å². The molecule has 0 fully saturated rings. The van der Waals surface area contributed by atoms with Crippen molar-refractivity contribution in [1.29, 1.82) is 0 Å². The van der Waals surface area contributed by atoms with E-state index in [1.807, 2.05) is 6.92 Å². The molecule has 0 atom stereocenters. The van der Waals surface area contributed by atoms with Crippen LogP contribution in [0.3, 0.4) is 0 Å². The van der Waals surface area contributed by atoms with Crippen LogP contribution < -0.4 is 5.32 Å². The maximum absolute atomic E-state index is 10.1. The minimum atomic E-state index is 0.0926. The quantitative estimate of drug-likeness (QED) is 0.500. The van der Waals surface area contributed by atoms with E-state index in [1.54, 1.807) is 7.05 Å². The van der Waals surface area contributed by atoms with Crippen molar-refractivity contribution >= 4 is 5.91 Å². The van der Waals surface area contributed by atoms with E-state index in [1.165, 1.54) is 0 Å². The minimum absolute atomic E-state index is 0.0926. The van der Waals surface area contributed by atoms with Gasteiger partial charge in [0.2, 0.25) is 5.91 Å². The Hall–Kier alpha value is -0.570. The normalized spacial score (nSPS) is 6.50. The maximum Gasteiger partial charge on any atom is 0.219 e. The van der Waals surface area contributed by atoms with E-state index in [-0.39, 0.29) is 5.91 Å². The summed E-state index contributed by atoms with van der Waals surface area (Å²) in [5.41, 5.74) is 0. The van der Waals surface area contributed by atoms with E-state index >= 15 is 0 Å². The Balaban J connectivity index is 0. The molecule has 0 aliphatic heterocycles. The molecular weight excluding hydrogens is 106 g/mol. The molecule has 0 heterocycles. The van der Waals surface area contributed by atoms with Gasteiger partial charge in [0, 0.05) is 20.6 Å². The number of hydrogen-bond acceptors (Lipinski definition) is 2. The highest BCUT2D eigenvalue weighted by molar-refractivity contribution is 5.74. The molecule has 0 aliphatic rings. The van der Waals surface area contributed by atoms with Gasteiger partial charge in [-0.15, -0.1) is 0 Å². The van der Waals surface area contributed by atoms with Gasteiger partial charge >= 0.3 is 0 Å². The first-order valence-electron chi connectivity index (χ1n) is 2.46. The predicted octanol–water partition coefficient (Wildman–Crippen LogP) is -0.249. The first-order chi connectivity index (χ1) is 3.81. The third kappa shape index (κ3) is 9.06. The molecule has 2 N–H and O–H groups in total. The van der Waals surface area contributed by atoms with Gasteiger partial charge in [0.15, 0.2) is 0 Å². The summed E-state index contributed by atoms with van der Waals surface area (Å²) in [6.07, 6.45) is 0.580. The van der Waals surface area contributed by atoms with E-state index in [0.29, 0.717) is 6.42 Å². The summed E-state index contributed by atoms with van der Waals surface area (Å²) in [5.74, 6) is 0.0926. The predicted molar refractivity (Wildman–Crippen MR) is 32.5 cm³/mol. The third-order valence-corrected chi connectivity index (χ3v) is 0.600. The van der Waals surface area contributed by atoms with Crippen LogP contribution in [0, 0.1) is 0 Å². The Bertz CT molecular complexity index is 48.4. The highest BCUT2D eigenvalue weighted by Gasteiger charge is 1.84. The van der Waals surface area contributed by atoms with Crippen LogP contribution in [-0.2, 0) is 4.79 Å². The van der Waals surface area contributed by atoms with Gasteiger partial charge in [0.1, 0.15) is 0 Å². The number of amides is 1. The maximum atomic E-state index is 10.1. The van der Waals surface area contributed by atoms with Crippen molar-refractivity contribution in [2.24, 2.45) is 0 Å². The number of rotatable bonds is 1. The van der Waals surface area contributed by atoms with Gasteiger partial charge in [-0.3, -0.25) is 4.79 Å². The fraction of sp³-hybridized carbons (Fsp3) is 0.800. The van der Waals surface area contributed by atoms with Crippen molar-refractivity contribution in [1.82, 2.24) is 5.32 Å². The minimum Gasteiger partial charge on any atom is -0.400 e. The molecule has 0 bridgehead atoms. The summed E-state index contributed by atoms with van der Waals surface area (Å²) in [5, 5.41) is 9.48. The summed E-state index contributed by atoms with van der Waals surface area (Å²) in [6, 6.07) is 0. The van der Waals surface area contributed by atoms with Gasteiger partial charge in [-0.25, -0.2) is 0 Å². The molecule has 0 rings (SSSR count). The molecule has 3 nitrogen and oxygen atoms in total. The molecule has 0 saturated heterocycles. The van der Waals surface area contributed by atoms with Crippen LogP contribution in [-0.4, -0.2) is 25.2 Å². The lowest BCUT2D eigenvalue weighted by atomic mass is 10.5. The fourth-order valence-electron chi connectivity index (χ4n) is 0.177. The van der Waals surface area contributed by atoms with Gasteiger partial charge < -0.3 is 10.4 Å². The van der Waals surface area contributed by atoms with Crippen molar-refractivity contribution in [3.63, 3.8) is 0 Å². The SMILES string of the molecule is CCC(=O)NC.CO. The molecule has 50 valence electrons. The van der Waals surface area contributed by atoms with Crippen molar-refractivity contribution in [2.45, 2.75) is 13.3 Å². The van der Waals surface area contributed by atoms with E-state index in [4.69, 9.17) is 5.11 Å². The lowest BCUT2D eigenvalue weighted by Gasteiger charge is -1.87. The average Bonchev–Trinajstić information content (AvgIpc) is 1.91. The lowest BCUT2D eigenvalue weighted by Crippen LogP contribution is -2.15. The zero-order valence-electron chi connectivity index (χ0n) is 5.56. The summed E-state index contributed by atoms with van der Waals surface area (Å²) in [4.78, 5) is 10.1. The van der Waals surface area contributed by atoms with Crippen LogP contribution in [0.25, 0.3) is 0 Å². The zero-order chi connectivity index (χ0) is 6.99. The Kier molecular flexibility index (Phi) is 12.6. The molecule has 3 heteroatoms. The van der Waals surface area contributed by atoms with Gasteiger partial charge in [-0.05, 0) is 0 Å². The number of aliphatic hydroxyl groups is 1. The Labute approximate surface area is 49.7 Å². The monoisotopic (exact) mass is 119 g/mol. The van der Waals surface area contributed by atoms with Gasteiger partial charge in [-0.2, -0.15) is 0 Å². The number of hydrogen-bond donors (Lipinski definition) is 2. The molecule has 8 heavy (non-hydrogen) atoms. The van der Waals surface area contributed by atoms with Crippen LogP contribution in [0.15, 0.2) is 0 Å². The van der Waals surface area contributed by atoms with Gasteiger partial charge in [-0.1, -0.05) is 6.92 Å². The molecule has 0 spiro atoms. The number of carbonyl (C=O) groups excluding carboxylic acids is 1. The van der Waals surface area contributed by atoms with Gasteiger partial charge in [0.05, 0.1) is 0 Å². The number of nitrogens with one attached hydrogen (secondary N) is 1. The van der Waals surface area contributed by atoms with Crippen molar-refractivity contribution in [3.05, 3.63) is 0 Å². The molecule has 0 aliphatic carbocycles. The summed E-state index contributed by atoms with van der Waals surface area (Å²) in [7, 11) is 2.63. The fourth-order valence-corrected chi connectivity index (χ4v) is 0.177. The number of carbonyl (C=O) groups is 1. The van der Waals surface area contributed by atoms with E-state index in [2.05, 4.69) is 5.32 Å². The van der Waals surface area contributed by atoms with E-state index < -0.39 is 0 Å². The highest BCUT2D eigenvalue weighted by atomic mass is 16.2. The molecule has 0 radical (unpaired) electrons. The lowest BCUT2D eigenvalue weighted by molar-refractivity contribution is -0.120. The molecule has 0 unspecified atom stereocenters. The third-order valence-electron chi connectivity index (χ3n) is 0.600. The summed E-state index contributed by atoms with van der Waals surface area (Å²) < 4.78 is 0. The van der Waals surface area contributed by atoms with Crippen molar-refractivity contribution < 1.29 is 9.90 Å². The zero-order valence-corrected chi connectivity index (χ0v) is 5.56. The summed E-state index contributed by atoms with van der Waals surface area (Å²) in [6.45, 7) is 1.82. The van der Waals surface area contributed by atoms with E-state index in [0.717, 1.165) is 7.11 Å². The smallest absolute Gasteiger partial charge is 0.219 e. The second-order valence-electron chi connectivity index (χ2n) is 1.03. The average molecular weight is 119 g/mol. The van der Waals surface area contributed by atoms with Crippen LogP contribution in [0.2, 0.25) is 0 Å². The van der Waals surface area contributed by atoms with Crippen LogP contribution >= 0.6 is 0 Å². The van der Waals surface area contributed by atoms with Crippen molar-refractivity contribution in [2.75, 3.05) is 14.2 Å². The van der Waals surface area contributed by atoms with Gasteiger partial charge in [0.25, 0.3) is 0 Å². The Morgan fingerprint density at radius 3 is 2.00 bits per heavy atom. The first-order valence-corrected chi connectivity index (χ1v) is 2.46. The van der Waals surface area contributed by atoms with Crippen LogP contribution in [0.1, 0.15) is 13.3 Å². The molecule has 0 aromatic rings. The second kappa shape index (κ2) is 9.66. The Morgan fingerprint density at radius 1 is 1.62 bits per heavy atom. The largest absolute Gasteiger partial charge is 0.400 e. The topological polar surface area (TPSA) is 49.3 Å². The van der Waals surface area contributed by atoms with E-state index in [9.17, 15) is 4.79 Å². The van der Waals surface area contributed by atoms with Crippen molar-refractivity contribution in [3.8, 4) is 0 Å². The molecule has 0 aromatic heterocycles. The highest BCUT2D eigenvalue weighted by Crippen LogP contribution is 1.68. The molecular formula is C5H13NO2. The molecule has 1 amide bonds. The number of aliphatic hydroxyl groups excluding tert-OH is 1. The summed E-state index contributed by atoms with van der Waals surface area (Å²) >= 11 is 0.